The SMILES string of the molecule is COC(=O)c1ccccc1Nc1ccc(Cl)cc1C(=O)O. The van der Waals surface area contributed by atoms with Gasteiger partial charge < -0.3 is 15.2 Å². The normalized spacial score (nSPS) is 10.0. The van der Waals surface area contributed by atoms with E-state index >= 15 is 0 Å². The number of nitrogens with one attached hydrogen (secondary N) is 1. The molecular weight excluding hydrogens is 294 g/mol. The van der Waals surface area contributed by atoms with Gasteiger partial charge in [-0.2, -0.15) is 0 Å². The summed E-state index contributed by atoms with van der Waals surface area (Å²) in [6.45, 7) is 0. The van der Waals surface area contributed by atoms with Crippen LogP contribution in [0.5, 0.6) is 0 Å². The molecule has 0 spiro atoms. The Labute approximate surface area is 126 Å². The van der Waals surface area contributed by atoms with Gasteiger partial charge in [-0.25, -0.2) is 9.59 Å². The lowest BCUT2D eigenvalue weighted by molar-refractivity contribution is 0.0601. The predicted molar refractivity (Wildman–Crippen MR) is 79.5 cm³/mol. The van der Waals surface area contributed by atoms with E-state index < -0.39 is 11.9 Å². The summed E-state index contributed by atoms with van der Waals surface area (Å²) in [5.74, 6) is -1.63. The molecule has 0 fully saturated rings. The molecule has 2 aromatic rings. The van der Waals surface area contributed by atoms with E-state index in [2.05, 4.69) is 5.32 Å². The molecule has 0 saturated carbocycles. The minimum absolute atomic E-state index is 0.0159. The van der Waals surface area contributed by atoms with Gasteiger partial charge in [-0.05, 0) is 30.3 Å². The van der Waals surface area contributed by atoms with Gasteiger partial charge in [-0.3, -0.25) is 0 Å². The summed E-state index contributed by atoms with van der Waals surface area (Å²) in [4.78, 5) is 22.9. The molecule has 0 amide bonds. The number of halogens is 1. The number of rotatable bonds is 4. The summed E-state index contributed by atoms with van der Waals surface area (Å²) in [5, 5.41) is 12.4. The number of ether oxygens (including phenoxy) is 1. The number of carboxylic acids is 1. The van der Waals surface area contributed by atoms with Crippen LogP contribution in [0.25, 0.3) is 0 Å². The molecule has 2 aromatic carbocycles. The van der Waals surface area contributed by atoms with Crippen LogP contribution in [0.2, 0.25) is 5.02 Å². The number of benzene rings is 2. The second-order valence-corrected chi connectivity index (χ2v) is 4.59. The summed E-state index contributed by atoms with van der Waals surface area (Å²) in [6, 6.07) is 11.1. The van der Waals surface area contributed by atoms with Gasteiger partial charge in [0, 0.05) is 5.02 Å². The van der Waals surface area contributed by atoms with Gasteiger partial charge in [0.15, 0.2) is 0 Å². The van der Waals surface area contributed by atoms with Gasteiger partial charge in [-0.1, -0.05) is 23.7 Å². The van der Waals surface area contributed by atoms with E-state index in [9.17, 15) is 14.7 Å². The maximum atomic E-state index is 11.7. The predicted octanol–water partition coefficient (Wildman–Crippen LogP) is 3.57. The van der Waals surface area contributed by atoms with Crippen molar-refractivity contribution in [2.75, 3.05) is 12.4 Å². The maximum Gasteiger partial charge on any atom is 0.339 e. The van der Waals surface area contributed by atoms with Crippen molar-refractivity contribution >= 4 is 34.9 Å². The summed E-state index contributed by atoms with van der Waals surface area (Å²) in [6.07, 6.45) is 0. The molecule has 0 bridgehead atoms. The molecule has 0 saturated heterocycles. The highest BCUT2D eigenvalue weighted by Crippen LogP contribution is 2.26. The van der Waals surface area contributed by atoms with Gasteiger partial charge in [0.05, 0.1) is 29.6 Å². The lowest BCUT2D eigenvalue weighted by Gasteiger charge is -2.13. The molecule has 0 heterocycles. The van der Waals surface area contributed by atoms with E-state index in [1.807, 2.05) is 0 Å². The van der Waals surface area contributed by atoms with Crippen molar-refractivity contribution in [3.8, 4) is 0 Å². The van der Waals surface area contributed by atoms with Crippen molar-refractivity contribution in [3.63, 3.8) is 0 Å². The van der Waals surface area contributed by atoms with Crippen LogP contribution in [-0.4, -0.2) is 24.2 Å². The lowest BCUT2D eigenvalue weighted by atomic mass is 10.1. The monoisotopic (exact) mass is 305 g/mol. The van der Waals surface area contributed by atoms with Crippen molar-refractivity contribution in [1.29, 1.82) is 0 Å². The zero-order chi connectivity index (χ0) is 15.4. The number of anilines is 2. The summed E-state index contributed by atoms with van der Waals surface area (Å²) < 4.78 is 4.70. The minimum atomic E-state index is -1.12. The molecule has 2 N–H and O–H groups in total. The second kappa shape index (κ2) is 6.28. The first-order valence-electron chi connectivity index (χ1n) is 6.00. The van der Waals surface area contributed by atoms with Crippen LogP contribution in [0.15, 0.2) is 42.5 Å². The van der Waals surface area contributed by atoms with Gasteiger partial charge in [0.1, 0.15) is 0 Å². The third-order valence-electron chi connectivity index (χ3n) is 2.81. The molecule has 2 rings (SSSR count). The Bertz CT molecular complexity index is 700. The van der Waals surface area contributed by atoms with Crippen molar-refractivity contribution < 1.29 is 19.4 Å². The fourth-order valence-corrected chi connectivity index (χ4v) is 2.00. The average molecular weight is 306 g/mol. The number of carbonyl (C=O) groups is 2. The highest BCUT2D eigenvalue weighted by atomic mass is 35.5. The van der Waals surface area contributed by atoms with E-state index in [-0.39, 0.29) is 5.56 Å². The molecule has 5 nitrogen and oxygen atoms in total. The van der Waals surface area contributed by atoms with Crippen molar-refractivity contribution in [3.05, 3.63) is 58.6 Å². The highest BCUT2D eigenvalue weighted by molar-refractivity contribution is 6.31. The average Bonchev–Trinajstić information content (AvgIpc) is 2.48. The fourth-order valence-electron chi connectivity index (χ4n) is 1.83. The Morgan fingerprint density at radius 3 is 2.43 bits per heavy atom. The first kappa shape index (κ1) is 14.9. The van der Waals surface area contributed by atoms with Gasteiger partial charge in [0.2, 0.25) is 0 Å². The summed E-state index contributed by atoms with van der Waals surface area (Å²) >= 11 is 5.80. The standard InChI is InChI=1S/C15H12ClNO4/c1-21-15(20)10-4-2-3-5-12(10)17-13-7-6-9(16)8-11(13)14(18)19/h2-8,17H,1H3,(H,18,19). The molecule has 0 aliphatic carbocycles. The van der Waals surface area contributed by atoms with Crippen molar-refractivity contribution in [2.24, 2.45) is 0 Å². The lowest BCUT2D eigenvalue weighted by Crippen LogP contribution is -2.08. The topological polar surface area (TPSA) is 75.6 Å². The summed E-state index contributed by atoms with van der Waals surface area (Å²) in [5.41, 5.74) is 1.12. The first-order chi connectivity index (χ1) is 10.0. The molecule has 0 aromatic heterocycles. The molecule has 0 atom stereocenters. The Kier molecular flexibility index (Phi) is 4.45. The molecule has 0 radical (unpaired) electrons. The van der Waals surface area contributed by atoms with Gasteiger partial charge >= 0.3 is 11.9 Å². The van der Waals surface area contributed by atoms with Crippen LogP contribution >= 0.6 is 11.6 Å². The molecule has 108 valence electrons. The largest absolute Gasteiger partial charge is 0.478 e. The van der Waals surface area contributed by atoms with E-state index in [1.54, 1.807) is 36.4 Å². The number of aromatic carboxylic acids is 1. The van der Waals surface area contributed by atoms with E-state index in [0.29, 0.717) is 22.0 Å². The second-order valence-electron chi connectivity index (χ2n) is 4.16. The van der Waals surface area contributed by atoms with E-state index in [4.69, 9.17) is 16.3 Å². The molecular formula is C15H12ClNO4. The number of carboxylic acid groups (broad SMARTS) is 1. The van der Waals surface area contributed by atoms with Crippen LogP contribution in [0.4, 0.5) is 11.4 Å². The van der Waals surface area contributed by atoms with Crippen LogP contribution in [0, 0.1) is 0 Å². The fraction of sp³-hybridized carbons (Fsp3) is 0.0667. The van der Waals surface area contributed by atoms with Crippen LogP contribution in [0.3, 0.4) is 0 Å². The third kappa shape index (κ3) is 3.32. The number of para-hydroxylation sites is 1. The Morgan fingerprint density at radius 1 is 1.10 bits per heavy atom. The zero-order valence-electron chi connectivity index (χ0n) is 11.1. The van der Waals surface area contributed by atoms with E-state index in [0.717, 1.165) is 0 Å². The van der Waals surface area contributed by atoms with Gasteiger partial charge in [0.25, 0.3) is 0 Å². The molecule has 0 aliphatic heterocycles. The molecule has 6 heteroatoms. The third-order valence-corrected chi connectivity index (χ3v) is 3.05. The number of hydrogen-bond donors (Lipinski definition) is 2. The maximum absolute atomic E-state index is 11.7. The van der Waals surface area contributed by atoms with Crippen LogP contribution in [0.1, 0.15) is 20.7 Å². The number of hydrogen-bond acceptors (Lipinski definition) is 4. The Balaban J connectivity index is 2.44. The van der Waals surface area contributed by atoms with Crippen LogP contribution < -0.4 is 5.32 Å². The number of esters is 1. The van der Waals surface area contributed by atoms with Crippen molar-refractivity contribution in [1.82, 2.24) is 0 Å². The Morgan fingerprint density at radius 2 is 1.76 bits per heavy atom. The molecule has 0 unspecified atom stereocenters. The van der Waals surface area contributed by atoms with Crippen LogP contribution in [-0.2, 0) is 4.74 Å². The van der Waals surface area contributed by atoms with Gasteiger partial charge in [-0.15, -0.1) is 0 Å². The molecule has 21 heavy (non-hydrogen) atoms. The highest BCUT2D eigenvalue weighted by Gasteiger charge is 2.15. The summed E-state index contributed by atoms with van der Waals surface area (Å²) in [7, 11) is 1.28. The number of carbonyl (C=O) groups excluding carboxylic acids is 1. The minimum Gasteiger partial charge on any atom is -0.478 e. The number of methoxy groups -OCH3 is 1. The quantitative estimate of drug-likeness (QED) is 0.845. The van der Waals surface area contributed by atoms with Crippen molar-refractivity contribution in [2.45, 2.75) is 0 Å². The first-order valence-corrected chi connectivity index (χ1v) is 6.38. The Hall–Kier alpha value is -2.53. The smallest absolute Gasteiger partial charge is 0.339 e. The zero-order valence-corrected chi connectivity index (χ0v) is 11.8. The molecule has 0 aliphatic rings. The van der Waals surface area contributed by atoms with E-state index in [1.165, 1.54) is 13.2 Å².